The number of nitro groups is 1. The number of nitrogens with zero attached hydrogens (tertiary/aromatic N) is 2. The first-order valence-corrected chi connectivity index (χ1v) is 5.90. The van der Waals surface area contributed by atoms with E-state index in [4.69, 9.17) is 0 Å². The van der Waals surface area contributed by atoms with Gasteiger partial charge in [0.2, 0.25) is 5.91 Å². The molecule has 1 heterocycles. The molecule has 1 N–H and O–H groups in total. The lowest BCUT2D eigenvalue weighted by Crippen LogP contribution is -2.35. The number of hydrogen-bond donors (Lipinski definition) is 1. The van der Waals surface area contributed by atoms with Gasteiger partial charge in [-0.2, -0.15) is 0 Å². The van der Waals surface area contributed by atoms with E-state index in [1.54, 1.807) is 24.1 Å². The zero-order valence-electron chi connectivity index (χ0n) is 10.2. The molecular formula is C12H15N3O3. The van der Waals surface area contributed by atoms with Crippen LogP contribution < -0.4 is 10.2 Å². The van der Waals surface area contributed by atoms with Crippen molar-refractivity contribution < 1.29 is 9.72 Å². The number of benzene rings is 1. The monoisotopic (exact) mass is 249 g/mol. The fourth-order valence-electron chi connectivity index (χ4n) is 2.13. The molecule has 2 rings (SSSR count). The molecule has 1 aromatic rings. The predicted octanol–water partition coefficient (Wildman–Crippen LogP) is 2.15. The van der Waals surface area contributed by atoms with E-state index in [2.05, 4.69) is 5.32 Å². The van der Waals surface area contributed by atoms with Crippen LogP contribution in [0.2, 0.25) is 0 Å². The van der Waals surface area contributed by atoms with E-state index in [9.17, 15) is 14.9 Å². The average Bonchev–Trinajstić information content (AvgIpc) is 2.38. The number of nitro benzene ring substituents is 1. The van der Waals surface area contributed by atoms with Gasteiger partial charge >= 0.3 is 0 Å². The Kier molecular flexibility index (Phi) is 3.45. The Bertz CT molecular complexity index is 487. The number of nitrogens with one attached hydrogen (secondary N) is 1. The second-order valence-corrected chi connectivity index (χ2v) is 4.21. The summed E-state index contributed by atoms with van der Waals surface area (Å²) in [5, 5.41) is 13.7. The molecule has 0 aliphatic carbocycles. The second-order valence-electron chi connectivity index (χ2n) is 4.21. The first-order valence-electron chi connectivity index (χ1n) is 5.90. The van der Waals surface area contributed by atoms with E-state index >= 15 is 0 Å². The molecule has 0 atom stereocenters. The van der Waals surface area contributed by atoms with Crippen LogP contribution in [-0.4, -0.2) is 24.4 Å². The van der Waals surface area contributed by atoms with Crippen molar-refractivity contribution in [1.82, 2.24) is 0 Å². The highest BCUT2D eigenvalue weighted by Gasteiger charge is 2.22. The van der Waals surface area contributed by atoms with Gasteiger partial charge in [-0.3, -0.25) is 14.9 Å². The van der Waals surface area contributed by atoms with Gasteiger partial charge in [0, 0.05) is 26.1 Å². The van der Waals surface area contributed by atoms with Gasteiger partial charge in [-0.25, -0.2) is 0 Å². The van der Waals surface area contributed by atoms with Gasteiger partial charge in [0.05, 0.1) is 10.6 Å². The van der Waals surface area contributed by atoms with Gasteiger partial charge in [0.1, 0.15) is 5.69 Å². The minimum absolute atomic E-state index is 0.00614. The van der Waals surface area contributed by atoms with Gasteiger partial charge in [0.25, 0.3) is 5.69 Å². The van der Waals surface area contributed by atoms with E-state index in [1.165, 1.54) is 6.07 Å². The highest BCUT2D eigenvalue weighted by molar-refractivity contribution is 5.94. The molecule has 1 amide bonds. The van der Waals surface area contributed by atoms with E-state index < -0.39 is 4.92 Å². The third-order valence-electron chi connectivity index (χ3n) is 3.08. The van der Waals surface area contributed by atoms with E-state index in [0.29, 0.717) is 24.3 Å². The SMILES string of the molecule is CNc1ccc(N2CCCCC2=O)cc1[N+](=O)[O-]. The first-order chi connectivity index (χ1) is 8.63. The van der Waals surface area contributed by atoms with Crippen molar-refractivity contribution in [2.24, 2.45) is 0 Å². The van der Waals surface area contributed by atoms with Crippen LogP contribution in [0.1, 0.15) is 19.3 Å². The third-order valence-corrected chi connectivity index (χ3v) is 3.08. The molecule has 0 aromatic heterocycles. The van der Waals surface area contributed by atoms with Crippen molar-refractivity contribution in [3.05, 3.63) is 28.3 Å². The Balaban J connectivity index is 2.36. The zero-order chi connectivity index (χ0) is 13.1. The van der Waals surface area contributed by atoms with Gasteiger partial charge < -0.3 is 10.2 Å². The summed E-state index contributed by atoms with van der Waals surface area (Å²) in [6, 6.07) is 4.83. The lowest BCUT2D eigenvalue weighted by Gasteiger charge is -2.26. The summed E-state index contributed by atoms with van der Waals surface area (Å²) in [5.74, 6) is 0.0350. The number of anilines is 2. The Hall–Kier alpha value is -2.11. The minimum atomic E-state index is -0.441. The number of carbonyl (C=O) groups is 1. The molecule has 1 saturated heterocycles. The molecule has 6 heteroatoms. The first kappa shape index (κ1) is 12.3. The van der Waals surface area contributed by atoms with Crippen LogP contribution in [0.15, 0.2) is 18.2 Å². The third kappa shape index (κ3) is 2.27. The van der Waals surface area contributed by atoms with Crippen molar-refractivity contribution in [2.75, 3.05) is 23.8 Å². The molecule has 1 fully saturated rings. The highest BCUT2D eigenvalue weighted by atomic mass is 16.6. The van der Waals surface area contributed by atoms with Gasteiger partial charge in [-0.1, -0.05) is 0 Å². The Morgan fingerprint density at radius 1 is 1.39 bits per heavy atom. The van der Waals surface area contributed by atoms with E-state index in [0.717, 1.165) is 12.8 Å². The van der Waals surface area contributed by atoms with Crippen LogP contribution in [0.25, 0.3) is 0 Å². The Morgan fingerprint density at radius 3 is 2.78 bits per heavy atom. The fraction of sp³-hybridized carbons (Fsp3) is 0.417. The topological polar surface area (TPSA) is 75.5 Å². The summed E-state index contributed by atoms with van der Waals surface area (Å²) in [7, 11) is 1.63. The molecule has 0 bridgehead atoms. The van der Waals surface area contributed by atoms with E-state index in [-0.39, 0.29) is 11.6 Å². The molecule has 0 radical (unpaired) electrons. The van der Waals surface area contributed by atoms with Crippen LogP contribution >= 0.6 is 0 Å². The molecule has 1 aromatic carbocycles. The Morgan fingerprint density at radius 2 is 2.17 bits per heavy atom. The number of piperidine rings is 1. The summed E-state index contributed by atoms with van der Waals surface area (Å²) in [4.78, 5) is 23.9. The van der Waals surface area contributed by atoms with Crippen molar-refractivity contribution >= 4 is 23.0 Å². The second kappa shape index (κ2) is 5.03. The Labute approximate surface area is 105 Å². The smallest absolute Gasteiger partial charge is 0.294 e. The standard InChI is InChI=1S/C12H15N3O3/c1-13-10-6-5-9(8-11(10)15(17)18)14-7-3-2-4-12(14)16/h5-6,8,13H,2-4,7H2,1H3. The quantitative estimate of drug-likeness (QED) is 0.657. The van der Waals surface area contributed by atoms with Crippen LogP contribution in [0.4, 0.5) is 17.1 Å². The highest BCUT2D eigenvalue weighted by Crippen LogP contribution is 2.30. The van der Waals surface area contributed by atoms with Crippen molar-refractivity contribution in [2.45, 2.75) is 19.3 Å². The largest absolute Gasteiger partial charge is 0.383 e. The molecule has 96 valence electrons. The molecule has 0 unspecified atom stereocenters. The predicted molar refractivity (Wildman–Crippen MR) is 68.8 cm³/mol. The maximum atomic E-state index is 11.8. The van der Waals surface area contributed by atoms with Crippen LogP contribution in [0.3, 0.4) is 0 Å². The maximum Gasteiger partial charge on any atom is 0.294 e. The molecule has 1 aliphatic heterocycles. The van der Waals surface area contributed by atoms with Crippen molar-refractivity contribution in [3.8, 4) is 0 Å². The number of carbonyl (C=O) groups excluding carboxylic acids is 1. The average molecular weight is 249 g/mol. The summed E-state index contributed by atoms with van der Waals surface area (Å²) in [6.45, 7) is 0.634. The summed E-state index contributed by atoms with van der Waals surface area (Å²) in [6.07, 6.45) is 2.35. The number of hydrogen-bond acceptors (Lipinski definition) is 4. The molecule has 18 heavy (non-hydrogen) atoms. The van der Waals surface area contributed by atoms with Gasteiger partial charge in [-0.05, 0) is 25.0 Å². The minimum Gasteiger partial charge on any atom is -0.383 e. The fourth-order valence-corrected chi connectivity index (χ4v) is 2.13. The summed E-state index contributed by atoms with van der Waals surface area (Å²) >= 11 is 0. The van der Waals surface area contributed by atoms with Crippen LogP contribution in [0, 0.1) is 10.1 Å². The van der Waals surface area contributed by atoms with Crippen LogP contribution in [0.5, 0.6) is 0 Å². The summed E-state index contributed by atoms with van der Waals surface area (Å²) in [5.41, 5.74) is 1.05. The number of amides is 1. The molecular weight excluding hydrogens is 234 g/mol. The molecule has 6 nitrogen and oxygen atoms in total. The van der Waals surface area contributed by atoms with E-state index in [1.807, 2.05) is 0 Å². The van der Waals surface area contributed by atoms with Crippen molar-refractivity contribution in [1.29, 1.82) is 0 Å². The van der Waals surface area contributed by atoms with Crippen molar-refractivity contribution in [3.63, 3.8) is 0 Å². The van der Waals surface area contributed by atoms with Crippen LogP contribution in [-0.2, 0) is 4.79 Å². The molecule has 1 aliphatic rings. The molecule has 0 spiro atoms. The van der Waals surface area contributed by atoms with Gasteiger partial charge in [0.15, 0.2) is 0 Å². The maximum absolute atomic E-state index is 11.8. The zero-order valence-corrected chi connectivity index (χ0v) is 10.2. The summed E-state index contributed by atoms with van der Waals surface area (Å²) < 4.78 is 0. The lowest BCUT2D eigenvalue weighted by molar-refractivity contribution is -0.383. The number of rotatable bonds is 3. The normalized spacial score (nSPS) is 15.6. The van der Waals surface area contributed by atoms with Gasteiger partial charge in [-0.15, -0.1) is 0 Å². The molecule has 0 saturated carbocycles. The lowest BCUT2D eigenvalue weighted by atomic mass is 10.1.